The van der Waals surface area contributed by atoms with Gasteiger partial charge in [-0.05, 0) is 48.7 Å². The van der Waals surface area contributed by atoms with Gasteiger partial charge in [0.25, 0.3) is 5.91 Å². The summed E-state index contributed by atoms with van der Waals surface area (Å²) in [5.74, 6) is 1.17. The summed E-state index contributed by atoms with van der Waals surface area (Å²) in [6.45, 7) is 2.91. The lowest BCUT2D eigenvalue weighted by Gasteiger charge is -2.32. The van der Waals surface area contributed by atoms with Gasteiger partial charge in [-0.25, -0.2) is 0 Å². The Morgan fingerprint density at radius 2 is 2.04 bits per heavy atom. The number of amides is 1. The topological polar surface area (TPSA) is 77.0 Å². The average Bonchev–Trinajstić information content (AvgIpc) is 2.69. The van der Waals surface area contributed by atoms with Gasteiger partial charge in [0.1, 0.15) is 17.6 Å². The van der Waals surface area contributed by atoms with Crippen molar-refractivity contribution >= 4 is 5.91 Å². The van der Waals surface area contributed by atoms with Crippen molar-refractivity contribution < 1.29 is 24.1 Å². The van der Waals surface area contributed by atoms with Crippen LogP contribution in [-0.4, -0.2) is 43.0 Å². The third-order valence-corrected chi connectivity index (χ3v) is 4.40. The van der Waals surface area contributed by atoms with Crippen molar-refractivity contribution in [1.82, 2.24) is 5.32 Å². The zero-order valence-corrected chi connectivity index (χ0v) is 15.4. The largest absolute Gasteiger partial charge is 0.486 e. The molecule has 1 aliphatic rings. The van der Waals surface area contributed by atoms with E-state index < -0.39 is 0 Å². The molecular formula is C21H25NO5. The lowest BCUT2D eigenvalue weighted by molar-refractivity contribution is -0.126. The summed E-state index contributed by atoms with van der Waals surface area (Å²) in [5, 5.41) is 12.1. The Balaban J connectivity index is 1.53. The number of ether oxygens (including phenoxy) is 3. The molecule has 2 N–H and O–H groups in total. The molecule has 6 nitrogen and oxygen atoms in total. The molecule has 0 bridgehead atoms. The summed E-state index contributed by atoms with van der Waals surface area (Å²) in [4.78, 5) is 12.3. The van der Waals surface area contributed by atoms with E-state index in [2.05, 4.69) is 5.32 Å². The molecule has 3 rings (SSSR count). The number of aliphatic hydroxyl groups excluding tert-OH is 1. The first-order chi connectivity index (χ1) is 13.1. The smallest absolute Gasteiger partial charge is 0.258 e. The Labute approximate surface area is 159 Å². The Bertz CT molecular complexity index is 746. The van der Waals surface area contributed by atoms with Crippen LogP contribution in [-0.2, 0) is 16.1 Å². The molecule has 2 atom stereocenters. The van der Waals surface area contributed by atoms with Crippen molar-refractivity contribution in [3.8, 4) is 11.5 Å². The number of hydrogen-bond donors (Lipinski definition) is 2. The van der Waals surface area contributed by atoms with Gasteiger partial charge in [-0.2, -0.15) is 0 Å². The minimum Gasteiger partial charge on any atom is -0.486 e. The minimum atomic E-state index is -0.276. The second-order valence-corrected chi connectivity index (χ2v) is 6.60. The molecule has 0 radical (unpaired) electrons. The number of carbonyl (C=O) groups is 1. The third kappa shape index (κ3) is 5.70. The maximum absolute atomic E-state index is 12.3. The van der Waals surface area contributed by atoms with E-state index in [9.17, 15) is 4.79 Å². The molecule has 0 unspecified atom stereocenters. The molecule has 0 aromatic heterocycles. The monoisotopic (exact) mass is 371 g/mol. The fourth-order valence-corrected chi connectivity index (χ4v) is 2.94. The molecule has 2 aromatic carbocycles. The molecule has 1 fully saturated rings. The molecule has 1 amide bonds. The first-order valence-electron chi connectivity index (χ1n) is 9.07. The van der Waals surface area contributed by atoms with Crippen molar-refractivity contribution in [2.45, 2.75) is 32.1 Å². The van der Waals surface area contributed by atoms with Crippen LogP contribution in [0.2, 0.25) is 0 Å². The molecule has 2 aromatic rings. The van der Waals surface area contributed by atoms with E-state index in [1.807, 2.05) is 43.3 Å². The molecule has 144 valence electrons. The van der Waals surface area contributed by atoms with E-state index in [4.69, 9.17) is 19.3 Å². The SMILES string of the molecule is Cc1cccc(OCC(=O)N[C@@H]2CCOC[C@H]2Oc2ccc(CO)cc2)c1. The Hall–Kier alpha value is -2.57. The molecule has 0 saturated carbocycles. The van der Waals surface area contributed by atoms with Crippen LogP contribution in [0.15, 0.2) is 48.5 Å². The van der Waals surface area contributed by atoms with E-state index in [1.165, 1.54) is 0 Å². The number of hydrogen-bond acceptors (Lipinski definition) is 5. The Morgan fingerprint density at radius 1 is 1.22 bits per heavy atom. The van der Waals surface area contributed by atoms with Gasteiger partial charge in [-0.1, -0.05) is 24.3 Å². The highest BCUT2D eigenvalue weighted by molar-refractivity contribution is 5.78. The Kier molecular flexibility index (Phi) is 6.68. The van der Waals surface area contributed by atoms with Crippen LogP contribution in [0.25, 0.3) is 0 Å². The second-order valence-electron chi connectivity index (χ2n) is 6.60. The van der Waals surface area contributed by atoms with Crippen LogP contribution in [0.5, 0.6) is 11.5 Å². The van der Waals surface area contributed by atoms with Crippen LogP contribution in [0.3, 0.4) is 0 Å². The zero-order chi connectivity index (χ0) is 19.1. The summed E-state index contributed by atoms with van der Waals surface area (Å²) in [6.07, 6.45) is 0.400. The van der Waals surface area contributed by atoms with Gasteiger partial charge >= 0.3 is 0 Å². The van der Waals surface area contributed by atoms with E-state index in [0.29, 0.717) is 31.1 Å². The lowest BCUT2D eigenvalue weighted by Crippen LogP contribution is -2.52. The predicted octanol–water partition coefficient (Wildman–Crippen LogP) is 2.22. The molecule has 27 heavy (non-hydrogen) atoms. The van der Waals surface area contributed by atoms with Gasteiger partial charge in [-0.15, -0.1) is 0 Å². The highest BCUT2D eigenvalue weighted by Gasteiger charge is 2.29. The van der Waals surface area contributed by atoms with Crippen molar-refractivity contribution in [2.75, 3.05) is 19.8 Å². The van der Waals surface area contributed by atoms with Gasteiger partial charge in [0, 0.05) is 6.61 Å². The van der Waals surface area contributed by atoms with Crippen molar-refractivity contribution in [1.29, 1.82) is 0 Å². The average molecular weight is 371 g/mol. The van der Waals surface area contributed by atoms with E-state index in [0.717, 1.165) is 11.1 Å². The van der Waals surface area contributed by atoms with Crippen LogP contribution in [0.4, 0.5) is 0 Å². The Morgan fingerprint density at radius 3 is 2.78 bits per heavy atom. The summed E-state index contributed by atoms with van der Waals surface area (Å²) in [6, 6.07) is 14.7. The first-order valence-corrected chi connectivity index (χ1v) is 9.07. The number of rotatable bonds is 7. The number of aliphatic hydroxyl groups is 1. The van der Waals surface area contributed by atoms with Gasteiger partial charge in [0.15, 0.2) is 6.61 Å². The first kappa shape index (κ1) is 19.2. The summed E-state index contributed by atoms with van der Waals surface area (Å²) in [5.41, 5.74) is 1.90. The number of carbonyl (C=O) groups excluding carboxylic acids is 1. The highest BCUT2D eigenvalue weighted by Crippen LogP contribution is 2.19. The van der Waals surface area contributed by atoms with Gasteiger partial charge < -0.3 is 24.6 Å². The molecule has 0 spiro atoms. The van der Waals surface area contributed by atoms with Crippen molar-refractivity contribution in [3.63, 3.8) is 0 Å². The van der Waals surface area contributed by atoms with Gasteiger partial charge in [0.2, 0.25) is 0 Å². The molecule has 6 heteroatoms. The maximum Gasteiger partial charge on any atom is 0.258 e. The number of aryl methyl sites for hydroxylation is 1. The third-order valence-electron chi connectivity index (χ3n) is 4.40. The molecule has 1 saturated heterocycles. The summed E-state index contributed by atoms with van der Waals surface area (Å²) in [7, 11) is 0. The fourth-order valence-electron chi connectivity index (χ4n) is 2.94. The fraction of sp³-hybridized carbons (Fsp3) is 0.381. The van der Waals surface area contributed by atoms with Gasteiger partial charge in [0.05, 0.1) is 19.3 Å². The second kappa shape index (κ2) is 9.39. The van der Waals surface area contributed by atoms with E-state index >= 15 is 0 Å². The number of nitrogens with one attached hydrogen (secondary N) is 1. The minimum absolute atomic E-state index is 0.00750. The standard InChI is InChI=1S/C21H25NO5/c1-15-3-2-4-18(11-15)26-14-21(24)22-19-9-10-25-13-20(19)27-17-7-5-16(12-23)6-8-17/h2-8,11,19-20,23H,9-10,12-14H2,1H3,(H,22,24)/t19-,20-/m1/s1. The quantitative estimate of drug-likeness (QED) is 0.780. The van der Waals surface area contributed by atoms with Crippen LogP contribution in [0.1, 0.15) is 17.5 Å². The summed E-state index contributed by atoms with van der Waals surface area (Å²) < 4.78 is 17.1. The van der Waals surface area contributed by atoms with Crippen LogP contribution < -0.4 is 14.8 Å². The van der Waals surface area contributed by atoms with Crippen molar-refractivity contribution in [2.24, 2.45) is 0 Å². The van der Waals surface area contributed by atoms with Crippen LogP contribution >= 0.6 is 0 Å². The highest BCUT2D eigenvalue weighted by atomic mass is 16.5. The predicted molar refractivity (Wildman–Crippen MR) is 101 cm³/mol. The zero-order valence-electron chi connectivity index (χ0n) is 15.4. The molecular weight excluding hydrogens is 346 g/mol. The molecule has 1 heterocycles. The van der Waals surface area contributed by atoms with Crippen LogP contribution in [0, 0.1) is 6.92 Å². The normalized spacial score (nSPS) is 19.3. The molecule has 1 aliphatic heterocycles. The summed E-state index contributed by atoms with van der Waals surface area (Å²) >= 11 is 0. The number of benzene rings is 2. The lowest BCUT2D eigenvalue weighted by atomic mass is 10.1. The molecule has 0 aliphatic carbocycles. The maximum atomic E-state index is 12.3. The van der Waals surface area contributed by atoms with E-state index in [-0.39, 0.29) is 31.3 Å². The van der Waals surface area contributed by atoms with Gasteiger partial charge in [-0.3, -0.25) is 4.79 Å². The van der Waals surface area contributed by atoms with Crippen molar-refractivity contribution in [3.05, 3.63) is 59.7 Å². The van der Waals surface area contributed by atoms with E-state index in [1.54, 1.807) is 12.1 Å².